The summed E-state index contributed by atoms with van der Waals surface area (Å²) < 4.78 is 10.8. The predicted octanol–water partition coefficient (Wildman–Crippen LogP) is 2.24. The van der Waals surface area contributed by atoms with Crippen molar-refractivity contribution >= 4 is 6.03 Å². The maximum atomic E-state index is 12.0. The molecule has 2 amide bonds. The topological polar surface area (TPSA) is 83.7 Å². The average Bonchev–Trinajstić information content (AvgIpc) is 2.92. The van der Waals surface area contributed by atoms with Crippen LogP contribution in [0.2, 0.25) is 0 Å². The number of aliphatic hydroxyl groups excluding tert-OH is 1. The van der Waals surface area contributed by atoms with E-state index < -0.39 is 6.10 Å². The second kappa shape index (κ2) is 8.19. The van der Waals surface area contributed by atoms with E-state index in [-0.39, 0.29) is 24.0 Å². The number of rotatable bonds is 7. The summed E-state index contributed by atoms with van der Waals surface area (Å²) in [6, 6.07) is 3.00. The van der Waals surface area contributed by atoms with E-state index in [0.717, 1.165) is 12.2 Å². The Morgan fingerprint density at radius 3 is 2.59 bits per heavy atom. The van der Waals surface area contributed by atoms with E-state index >= 15 is 0 Å². The highest BCUT2D eigenvalue weighted by molar-refractivity contribution is 5.74. The molecular weight excluding hydrogens is 284 g/mol. The zero-order valence-corrected chi connectivity index (χ0v) is 14.1. The lowest BCUT2D eigenvalue weighted by Crippen LogP contribution is -2.45. The molecule has 2 unspecified atom stereocenters. The third kappa shape index (κ3) is 5.69. The summed E-state index contributed by atoms with van der Waals surface area (Å²) in [7, 11) is 1.57. The molecule has 0 aliphatic rings. The number of hydrogen-bond acceptors (Lipinski definition) is 4. The quantitative estimate of drug-likeness (QED) is 0.721. The minimum absolute atomic E-state index is 0.188. The number of ether oxygens (including phenoxy) is 1. The van der Waals surface area contributed by atoms with Crippen molar-refractivity contribution in [3.05, 3.63) is 23.7 Å². The lowest BCUT2D eigenvalue weighted by atomic mass is 9.89. The van der Waals surface area contributed by atoms with Gasteiger partial charge >= 0.3 is 6.03 Å². The van der Waals surface area contributed by atoms with Crippen molar-refractivity contribution in [1.29, 1.82) is 0 Å². The zero-order chi connectivity index (χ0) is 16.8. The van der Waals surface area contributed by atoms with E-state index in [1.54, 1.807) is 7.11 Å². The molecule has 0 bridgehead atoms. The van der Waals surface area contributed by atoms with Crippen LogP contribution in [0.5, 0.6) is 0 Å². The van der Waals surface area contributed by atoms with Crippen molar-refractivity contribution in [2.45, 2.75) is 46.3 Å². The Labute approximate surface area is 132 Å². The highest BCUT2D eigenvalue weighted by Crippen LogP contribution is 2.19. The van der Waals surface area contributed by atoms with Gasteiger partial charge in [0.1, 0.15) is 17.6 Å². The molecule has 0 saturated carbocycles. The van der Waals surface area contributed by atoms with Crippen molar-refractivity contribution in [2.75, 3.05) is 20.3 Å². The Hall–Kier alpha value is -1.53. The van der Waals surface area contributed by atoms with Gasteiger partial charge in [-0.3, -0.25) is 0 Å². The fourth-order valence-corrected chi connectivity index (χ4v) is 1.84. The summed E-state index contributed by atoms with van der Waals surface area (Å²) >= 11 is 0. The molecule has 0 saturated heterocycles. The zero-order valence-electron chi connectivity index (χ0n) is 14.1. The van der Waals surface area contributed by atoms with Crippen LogP contribution in [0.3, 0.4) is 0 Å². The van der Waals surface area contributed by atoms with Crippen LogP contribution in [0.1, 0.15) is 45.3 Å². The Bertz CT molecular complexity index is 465. The van der Waals surface area contributed by atoms with Crippen molar-refractivity contribution in [1.82, 2.24) is 10.6 Å². The number of carbonyl (C=O) groups is 1. The van der Waals surface area contributed by atoms with E-state index in [9.17, 15) is 9.90 Å². The molecule has 22 heavy (non-hydrogen) atoms. The van der Waals surface area contributed by atoms with Gasteiger partial charge in [-0.1, -0.05) is 27.7 Å². The maximum Gasteiger partial charge on any atom is 0.315 e. The summed E-state index contributed by atoms with van der Waals surface area (Å²) in [5.74, 6) is 1.52. The highest BCUT2D eigenvalue weighted by atomic mass is 16.5. The van der Waals surface area contributed by atoms with Crippen LogP contribution < -0.4 is 10.6 Å². The molecule has 0 fully saturated rings. The monoisotopic (exact) mass is 312 g/mol. The normalized spacial score (nSPS) is 14.5. The number of methoxy groups -OCH3 is 1. The van der Waals surface area contributed by atoms with Crippen LogP contribution in [-0.2, 0) is 11.2 Å². The molecule has 1 rings (SSSR count). The predicted molar refractivity (Wildman–Crippen MR) is 84.7 cm³/mol. The first-order chi connectivity index (χ1) is 10.3. The first kappa shape index (κ1) is 18.5. The van der Waals surface area contributed by atoms with Gasteiger partial charge in [0, 0.05) is 20.1 Å². The Morgan fingerprint density at radius 1 is 1.41 bits per heavy atom. The molecule has 6 heteroatoms. The van der Waals surface area contributed by atoms with Gasteiger partial charge in [-0.25, -0.2) is 4.79 Å². The van der Waals surface area contributed by atoms with Crippen LogP contribution in [-0.4, -0.2) is 37.5 Å². The SMILES string of the molecule is CCc1ccc(C(COC)NC(=O)NCC(O)C(C)(C)C)o1. The average molecular weight is 312 g/mol. The Kier molecular flexibility index (Phi) is 6.90. The van der Waals surface area contributed by atoms with Crippen molar-refractivity contribution < 1.29 is 19.1 Å². The first-order valence-electron chi connectivity index (χ1n) is 7.57. The summed E-state index contributed by atoms with van der Waals surface area (Å²) in [5, 5.41) is 15.4. The molecule has 1 heterocycles. The molecule has 6 nitrogen and oxygen atoms in total. The van der Waals surface area contributed by atoms with E-state index in [0.29, 0.717) is 12.4 Å². The van der Waals surface area contributed by atoms with Crippen LogP contribution in [0.25, 0.3) is 0 Å². The number of furan rings is 1. The van der Waals surface area contributed by atoms with Gasteiger partial charge in [0.25, 0.3) is 0 Å². The minimum atomic E-state index is -0.616. The van der Waals surface area contributed by atoms with E-state index in [4.69, 9.17) is 9.15 Å². The summed E-state index contributed by atoms with van der Waals surface area (Å²) in [6.07, 6.45) is 0.179. The largest absolute Gasteiger partial charge is 0.464 e. The van der Waals surface area contributed by atoms with Crippen molar-refractivity contribution in [3.63, 3.8) is 0 Å². The molecule has 0 aromatic carbocycles. The lowest BCUT2D eigenvalue weighted by Gasteiger charge is -2.26. The van der Waals surface area contributed by atoms with Gasteiger partial charge in [-0.2, -0.15) is 0 Å². The summed E-state index contributed by atoms with van der Waals surface area (Å²) in [5.41, 5.74) is -0.281. The van der Waals surface area contributed by atoms with Gasteiger partial charge in [0.2, 0.25) is 0 Å². The van der Waals surface area contributed by atoms with Crippen molar-refractivity contribution in [3.8, 4) is 0 Å². The molecular formula is C16H28N2O4. The fraction of sp³-hybridized carbons (Fsp3) is 0.688. The molecule has 0 radical (unpaired) electrons. The third-order valence-corrected chi connectivity index (χ3v) is 3.47. The van der Waals surface area contributed by atoms with E-state index in [1.807, 2.05) is 39.8 Å². The highest BCUT2D eigenvalue weighted by Gasteiger charge is 2.23. The van der Waals surface area contributed by atoms with Crippen LogP contribution >= 0.6 is 0 Å². The van der Waals surface area contributed by atoms with E-state index in [2.05, 4.69) is 10.6 Å². The molecule has 1 aromatic rings. The molecule has 0 spiro atoms. The molecule has 3 N–H and O–H groups in total. The smallest absolute Gasteiger partial charge is 0.315 e. The van der Waals surface area contributed by atoms with Crippen LogP contribution in [0.4, 0.5) is 4.79 Å². The summed E-state index contributed by atoms with van der Waals surface area (Å²) in [4.78, 5) is 12.0. The maximum absolute atomic E-state index is 12.0. The standard InChI is InChI=1S/C16H28N2O4/c1-6-11-7-8-13(22-11)12(10-21-5)18-15(20)17-9-14(19)16(2,3)4/h7-8,12,14,19H,6,9-10H2,1-5H3,(H2,17,18,20). The first-order valence-corrected chi connectivity index (χ1v) is 7.57. The Balaban J connectivity index is 2.57. The van der Waals surface area contributed by atoms with Crippen LogP contribution in [0.15, 0.2) is 16.5 Å². The fourth-order valence-electron chi connectivity index (χ4n) is 1.84. The van der Waals surface area contributed by atoms with E-state index in [1.165, 1.54) is 0 Å². The number of aryl methyl sites for hydroxylation is 1. The molecule has 2 atom stereocenters. The molecule has 126 valence electrons. The number of urea groups is 1. The van der Waals surface area contributed by atoms with Gasteiger partial charge in [0.05, 0.1) is 12.7 Å². The third-order valence-electron chi connectivity index (χ3n) is 3.47. The number of carbonyl (C=O) groups excluding carboxylic acids is 1. The Morgan fingerprint density at radius 2 is 2.09 bits per heavy atom. The van der Waals surface area contributed by atoms with Gasteiger partial charge in [0.15, 0.2) is 0 Å². The van der Waals surface area contributed by atoms with Gasteiger partial charge < -0.3 is 24.9 Å². The van der Waals surface area contributed by atoms with Crippen molar-refractivity contribution in [2.24, 2.45) is 5.41 Å². The van der Waals surface area contributed by atoms with Crippen LogP contribution in [0, 0.1) is 5.41 Å². The second-order valence-corrected chi connectivity index (χ2v) is 6.40. The number of hydrogen-bond donors (Lipinski definition) is 3. The van der Waals surface area contributed by atoms with Gasteiger partial charge in [-0.15, -0.1) is 0 Å². The molecule has 0 aliphatic carbocycles. The number of amides is 2. The number of aliphatic hydroxyl groups is 1. The number of nitrogens with one attached hydrogen (secondary N) is 2. The molecule has 0 aliphatic heterocycles. The summed E-state index contributed by atoms with van der Waals surface area (Å²) in [6.45, 7) is 8.25. The second-order valence-electron chi connectivity index (χ2n) is 6.40. The minimum Gasteiger partial charge on any atom is -0.464 e. The lowest BCUT2D eigenvalue weighted by molar-refractivity contribution is 0.0646. The molecule has 1 aromatic heterocycles. The van der Waals surface area contributed by atoms with Gasteiger partial charge in [-0.05, 0) is 17.5 Å².